The predicted octanol–water partition coefficient (Wildman–Crippen LogP) is 4.38. The van der Waals surface area contributed by atoms with Gasteiger partial charge in [-0.25, -0.2) is 0 Å². The highest BCUT2D eigenvalue weighted by atomic mass is 19.4. The van der Waals surface area contributed by atoms with E-state index in [0.29, 0.717) is 0 Å². The Balaban J connectivity index is 1.69. The SMILES string of the molecule is Cc1ccccc1CN(Cc1cccnc1)C(=O)C(O)COc1ccc(C(F)(F)F)cc1. The number of nitrogens with zero attached hydrogens (tertiary/aromatic N) is 2. The van der Waals surface area contributed by atoms with Gasteiger partial charge in [0.05, 0.1) is 5.56 Å². The zero-order valence-corrected chi connectivity index (χ0v) is 17.4. The molecular weight excluding hydrogens is 421 g/mol. The Bertz CT molecular complexity index is 1020. The number of carbonyl (C=O) groups is 1. The molecule has 8 heteroatoms. The largest absolute Gasteiger partial charge is 0.490 e. The summed E-state index contributed by atoms with van der Waals surface area (Å²) >= 11 is 0. The minimum absolute atomic E-state index is 0.127. The van der Waals surface area contributed by atoms with Gasteiger partial charge in [-0.3, -0.25) is 9.78 Å². The minimum Gasteiger partial charge on any atom is -0.490 e. The highest BCUT2D eigenvalue weighted by molar-refractivity contribution is 5.80. The van der Waals surface area contributed by atoms with Crippen LogP contribution in [0.1, 0.15) is 22.3 Å². The summed E-state index contributed by atoms with van der Waals surface area (Å²) in [5, 5.41) is 10.4. The van der Waals surface area contributed by atoms with E-state index in [0.717, 1.165) is 41.0 Å². The van der Waals surface area contributed by atoms with Crippen LogP contribution < -0.4 is 4.74 Å². The molecule has 0 saturated heterocycles. The van der Waals surface area contributed by atoms with Crippen LogP contribution in [-0.4, -0.2) is 33.6 Å². The lowest BCUT2D eigenvalue weighted by Crippen LogP contribution is -2.41. The lowest BCUT2D eigenvalue weighted by atomic mass is 10.1. The molecule has 168 valence electrons. The maximum atomic E-state index is 13.0. The third kappa shape index (κ3) is 6.31. The van der Waals surface area contributed by atoms with Gasteiger partial charge in [-0.2, -0.15) is 13.2 Å². The molecule has 1 amide bonds. The molecule has 0 fully saturated rings. The normalized spacial score (nSPS) is 12.3. The van der Waals surface area contributed by atoms with Crippen LogP contribution in [0.25, 0.3) is 0 Å². The van der Waals surface area contributed by atoms with Gasteiger partial charge in [0.25, 0.3) is 5.91 Å². The van der Waals surface area contributed by atoms with Gasteiger partial charge in [0.1, 0.15) is 12.4 Å². The predicted molar refractivity (Wildman–Crippen MR) is 113 cm³/mol. The van der Waals surface area contributed by atoms with E-state index in [4.69, 9.17) is 4.74 Å². The van der Waals surface area contributed by atoms with Crippen LogP contribution in [0, 0.1) is 6.92 Å². The summed E-state index contributed by atoms with van der Waals surface area (Å²) in [6.45, 7) is 2.06. The smallest absolute Gasteiger partial charge is 0.416 e. The number of hydrogen-bond acceptors (Lipinski definition) is 4. The summed E-state index contributed by atoms with van der Waals surface area (Å²) in [6, 6.07) is 15.3. The number of aliphatic hydroxyl groups excluding tert-OH is 1. The number of pyridine rings is 1. The second-order valence-corrected chi connectivity index (χ2v) is 7.33. The second-order valence-electron chi connectivity index (χ2n) is 7.33. The highest BCUT2D eigenvalue weighted by Crippen LogP contribution is 2.30. The summed E-state index contributed by atoms with van der Waals surface area (Å²) in [5.41, 5.74) is 1.93. The molecule has 0 bridgehead atoms. The van der Waals surface area contributed by atoms with Crippen molar-refractivity contribution >= 4 is 5.91 Å². The highest BCUT2D eigenvalue weighted by Gasteiger charge is 2.30. The fraction of sp³-hybridized carbons (Fsp3) is 0.250. The number of halogens is 3. The van der Waals surface area contributed by atoms with Crippen molar-refractivity contribution in [1.29, 1.82) is 0 Å². The van der Waals surface area contributed by atoms with Crippen LogP contribution in [0.2, 0.25) is 0 Å². The van der Waals surface area contributed by atoms with Gasteiger partial charge < -0.3 is 14.7 Å². The number of amides is 1. The van der Waals surface area contributed by atoms with Crippen molar-refractivity contribution in [2.75, 3.05) is 6.61 Å². The minimum atomic E-state index is -4.45. The quantitative estimate of drug-likeness (QED) is 0.560. The van der Waals surface area contributed by atoms with Crippen molar-refractivity contribution in [3.63, 3.8) is 0 Å². The molecule has 1 heterocycles. The summed E-state index contributed by atoms with van der Waals surface area (Å²) in [5.74, 6) is -0.424. The maximum Gasteiger partial charge on any atom is 0.416 e. The molecule has 2 aromatic carbocycles. The van der Waals surface area contributed by atoms with E-state index in [1.54, 1.807) is 18.5 Å². The Hall–Kier alpha value is -3.39. The maximum absolute atomic E-state index is 13.0. The topological polar surface area (TPSA) is 62.7 Å². The van der Waals surface area contributed by atoms with Crippen molar-refractivity contribution in [3.05, 3.63) is 95.3 Å². The molecule has 32 heavy (non-hydrogen) atoms. The lowest BCUT2D eigenvalue weighted by molar-refractivity contribution is -0.143. The number of ether oxygens (including phenoxy) is 1. The van der Waals surface area contributed by atoms with Gasteiger partial charge in [0.15, 0.2) is 6.10 Å². The molecule has 0 aliphatic rings. The average molecular weight is 444 g/mol. The number of aliphatic hydroxyl groups is 1. The van der Waals surface area contributed by atoms with Gasteiger partial charge in [0, 0.05) is 25.5 Å². The summed E-state index contributed by atoms with van der Waals surface area (Å²) in [7, 11) is 0. The van der Waals surface area contributed by atoms with Crippen molar-refractivity contribution < 1.29 is 27.8 Å². The van der Waals surface area contributed by atoms with E-state index >= 15 is 0 Å². The molecule has 1 atom stereocenters. The molecule has 0 radical (unpaired) electrons. The van der Waals surface area contributed by atoms with Gasteiger partial charge in [-0.05, 0) is 53.9 Å². The van der Waals surface area contributed by atoms with Gasteiger partial charge in [-0.15, -0.1) is 0 Å². The first-order valence-electron chi connectivity index (χ1n) is 9.94. The number of aryl methyl sites for hydroxylation is 1. The van der Waals surface area contributed by atoms with E-state index in [1.807, 2.05) is 37.3 Å². The van der Waals surface area contributed by atoms with Gasteiger partial charge in [0.2, 0.25) is 0 Å². The number of alkyl halides is 3. The molecule has 1 unspecified atom stereocenters. The van der Waals surface area contributed by atoms with Crippen molar-refractivity contribution in [1.82, 2.24) is 9.88 Å². The van der Waals surface area contributed by atoms with Crippen LogP contribution in [0.4, 0.5) is 13.2 Å². The Morgan fingerprint density at radius 2 is 1.78 bits per heavy atom. The van der Waals surface area contributed by atoms with E-state index in [9.17, 15) is 23.1 Å². The molecular formula is C24H23F3N2O3. The molecule has 0 aliphatic carbocycles. The molecule has 1 aromatic heterocycles. The van der Waals surface area contributed by atoms with E-state index in [1.165, 1.54) is 4.90 Å². The zero-order chi connectivity index (χ0) is 23.1. The Kier molecular flexibility index (Phi) is 7.48. The number of rotatable bonds is 8. The van der Waals surface area contributed by atoms with Gasteiger partial charge >= 0.3 is 6.18 Å². The average Bonchev–Trinajstić information content (AvgIpc) is 2.78. The fourth-order valence-corrected chi connectivity index (χ4v) is 3.11. The van der Waals surface area contributed by atoms with E-state index < -0.39 is 23.8 Å². The fourth-order valence-electron chi connectivity index (χ4n) is 3.11. The first-order valence-corrected chi connectivity index (χ1v) is 9.94. The van der Waals surface area contributed by atoms with Crippen LogP contribution in [0.15, 0.2) is 73.1 Å². The summed E-state index contributed by atoms with van der Waals surface area (Å²) < 4.78 is 43.4. The van der Waals surface area contributed by atoms with Gasteiger partial charge in [-0.1, -0.05) is 30.3 Å². The first kappa shape index (κ1) is 23.3. The molecule has 5 nitrogen and oxygen atoms in total. The third-order valence-corrected chi connectivity index (χ3v) is 4.90. The number of carbonyl (C=O) groups excluding carboxylic acids is 1. The zero-order valence-electron chi connectivity index (χ0n) is 17.4. The first-order chi connectivity index (χ1) is 15.2. The Labute approximate surface area is 184 Å². The van der Waals surface area contributed by atoms with Crippen molar-refractivity contribution in [2.45, 2.75) is 32.3 Å². The second kappa shape index (κ2) is 10.3. The molecule has 0 spiro atoms. The van der Waals surface area contributed by atoms with E-state index in [2.05, 4.69) is 4.98 Å². The summed E-state index contributed by atoms with van der Waals surface area (Å²) in [4.78, 5) is 18.6. The molecule has 0 aliphatic heterocycles. The number of benzene rings is 2. The Morgan fingerprint density at radius 3 is 2.41 bits per heavy atom. The standard InChI is InChI=1S/C24H23F3N2O3/c1-17-5-2-3-7-19(17)15-29(14-18-6-4-12-28-13-18)23(31)22(30)16-32-21-10-8-20(9-11-21)24(25,26)27/h2-13,22,30H,14-16H2,1H3. The molecule has 3 rings (SSSR count). The van der Waals surface area contributed by atoms with Crippen molar-refractivity contribution in [2.24, 2.45) is 0 Å². The van der Waals surface area contributed by atoms with Crippen LogP contribution in [-0.2, 0) is 24.1 Å². The molecule has 1 N–H and O–H groups in total. The Morgan fingerprint density at radius 1 is 1.06 bits per heavy atom. The summed E-state index contributed by atoms with van der Waals surface area (Å²) in [6.07, 6.45) is -2.67. The third-order valence-electron chi connectivity index (χ3n) is 4.90. The van der Waals surface area contributed by atoms with Crippen molar-refractivity contribution in [3.8, 4) is 5.75 Å². The van der Waals surface area contributed by atoms with E-state index in [-0.39, 0.29) is 25.4 Å². The molecule has 0 saturated carbocycles. The van der Waals surface area contributed by atoms with Crippen LogP contribution in [0.3, 0.4) is 0 Å². The monoisotopic (exact) mass is 444 g/mol. The van der Waals surface area contributed by atoms with Crippen LogP contribution >= 0.6 is 0 Å². The van der Waals surface area contributed by atoms with Crippen LogP contribution in [0.5, 0.6) is 5.75 Å². The lowest BCUT2D eigenvalue weighted by Gasteiger charge is -2.26. The number of aromatic nitrogens is 1. The number of hydrogen-bond donors (Lipinski definition) is 1. The molecule has 3 aromatic rings.